The zero-order chi connectivity index (χ0) is 22.1. The predicted octanol–water partition coefficient (Wildman–Crippen LogP) is 4.97. The number of carbonyl (C=O) groups is 1. The van der Waals surface area contributed by atoms with Crippen molar-refractivity contribution in [2.75, 3.05) is 25.2 Å². The maximum absolute atomic E-state index is 13.3. The van der Waals surface area contributed by atoms with Gasteiger partial charge in [-0.2, -0.15) is 0 Å². The van der Waals surface area contributed by atoms with Crippen LogP contribution in [-0.4, -0.2) is 35.7 Å². The first kappa shape index (κ1) is 21.0. The van der Waals surface area contributed by atoms with Crippen LogP contribution in [0.2, 0.25) is 0 Å². The molecule has 1 fully saturated rings. The lowest BCUT2D eigenvalue weighted by atomic mass is 9.94. The molecule has 1 unspecified atom stereocenters. The highest BCUT2D eigenvalue weighted by atomic mass is 32.1. The van der Waals surface area contributed by atoms with Crippen LogP contribution in [0.3, 0.4) is 0 Å². The van der Waals surface area contributed by atoms with Crippen molar-refractivity contribution in [1.29, 1.82) is 0 Å². The standard InChI is InChI=1S/C25H27N3O3S/c1-3-28(4-2)22(17-8-6-5-7-9-17)21-15-26-24(32-21)27-23(29)25(12-13-25)18-10-11-19-20(14-18)31-16-30-19/h5-11,14-15,22H,3-4,12-13,16H2,1-2H3,(H,26,27,29). The van der Waals surface area contributed by atoms with Crippen molar-refractivity contribution in [3.05, 3.63) is 70.7 Å². The summed E-state index contributed by atoms with van der Waals surface area (Å²) in [5.41, 5.74) is 1.70. The molecule has 1 saturated carbocycles. The Bertz CT molecular complexity index is 1110. The number of nitrogens with one attached hydrogen (secondary N) is 1. The van der Waals surface area contributed by atoms with Crippen LogP contribution in [0.4, 0.5) is 5.13 Å². The van der Waals surface area contributed by atoms with Crippen LogP contribution in [0.25, 0.3) is 0 Å². The minimum atomic E-state index is -0.509. The number of amides is 1. The molecule has 1 atom stereocenters. The highest BCUT2D eigenvalue weighted by Crippen LogP contribution is 2.51. The molecule has 2 aromatic carbocycles. The summed E-state index contributed by atoms with van der Waals surface area (Å²) in [5.74, 6) is 1.44. The molecule has 2 heterocycles. The molecule has 166 valence electrons. The number of thiazole rings is 1. The van der Waals surface area contributed by atoms with Crippen molar-refractivity contribution in [2.45, 2.75) is 38.1 Å². The van der Waals surface area contributed by atoms with Gasteiger partial charge in [-0.3, -0.25) is 9.69 Å². The quantitative estimate of drug-likeness (QED) is 0.526. The number of benzene rings is 2. The summed E-state index contributed by atoms with van der Waals surface area (Å²) in [4.78, 5) is 21.4. The molecular formula is C25H27N3O3S. The minimum absolute atomic E-state index is 0.00337. The predicted molar refractivity (Wildman–Crippen MR) is 125 cm³/mol. The van der Waals surface area contributed by atoms with Gasteiger partial charge in [-0.25, -0.2) is 4.98 Å². The van der Waals surface area contributed by atoms with Gasteiger partial charge < -0.3 is 14.8 Å². The number of rotatable bonds is 8. The second-order valence-electron chi connectivity index (χ2n) is 8.21. The molecule has 0 bridgehead atoms. The van der Waals surface area contributed by atoms with Crippen LogP contribution in [-0.2, 0) is 10.2 Å². The Balaban J connectivity index is 1.37. The lowest BCUT2D eigenvalue weighted by molar-refractivity contribution is -0.118. The molecule has 1 N–H and O–H groups in total. The van der Waals surface area contributed by atoms with E-state index < -0.39 is 5.41 Å². The molecule has 7 heteroatoms. The van der Waals surface area contributed by atoms with Crippen LogP contribution in [0.5, 0.6) is 11.5 Å². The number of hydrogen-bond acceptors (Lipinski definition) is 6. The SMILES string of the molecule is CCN(CC)C(c1ccccc1)c1cnc(NC(=O)C2(c3ccc4c(c3)OCO4)CC2)s1. The van der Waals surface area contributed by atoms with Crippen LogP contribution in [0.1, 0.15) is 48.7 Å². The first-order chi connectivity index (χ1) is 15.6. The Hall–Kier alpha value is -2.90. The summed E-state index contributed by atoms with van der Waals surface area (Å²) in [6.45, 7) is 6.44. The number of aromatic nitrogens is 1. The summed E-state index contributed by atoms with van der Waals surface area (Å²) in [6, 6.07) is 16.4. The molecule has 32 heavy (non-hydrogen) atoms. The van der Waals surface area contributed by atoms with Crippen molar-refractivity contribution < 1.29 is 14.3 Å². The van der Waals surface area contributed by atoms with Crippen molar-refractivity contribution in [3.8, 4) is 11.5 Å². The van der Waals surface area contributed by atoms with E-state index in [1.54, 1.807) is 11.3 Å². The van der Waals surface area contributed by atoms with Crippen molar-refractivity contribution in [2.24, 2.45) is 0 Å². The van der Waals surface area contributed by atoms with E-state index in [9.17, 15) is 4.79 Å². The van der Waals surface area contributed by atoms with Gasteiger partial charge in [0.2, 0.25) is 12.7 Å². The smallest absolute Gasteiger partial charge is 0.236 e. The largest absolute Gasteiger partial charge is 0.454 e. The van der Waals surface area contributed by atoms with E-state index in [1.807, 2.05) is 30.5 Å². The van der Waals surface area contributed by atoms with Gasteiger partial charge >= 0.3 is 0 Å². The Labute approximate surface area is 192 Å². The van der Waals surface area contributed by atoms with Gasteiger partial charge in [0.05, 0.1) is 11.5 Å². The zero-order valence-corrected chi connectivity index (χ0v) is 19.2. The molecule has 1 aromatic heterocycles. The van der Waals surface area contributed by atoms with E-state index in [2.05, 4.69) is 53.3 Å². The molecule has 6 nitrogen and oxygen atoms in total. The summed E-state index contributed by atoms with van der Waals surface area (Å²) in [5, 5.41) is 3.73. The molecule has 1 aliphatic carbocycles. The molecule has 0 radical (unpaired) electrons. The maximum Gasteiger partial charge on any atom is 0.236 e. The first-order valence-corrected chi connectivity index (χ1v) is 11.9. The molecule has 0 spiro atoms. The van der Waals surface area contributed by atoms with E-state index in [1.165, 1.54) is 5.56 Å². The monoisotopic (exact) mass is 449 g/mol. The third-order valence-corrected chi connectivity index (χ3v) is 7.38. The van der Waals surface area contributed by atoms with Crippen molar-refractivity contribution in [3.63, 3.8) is 0 Å². The number of anilines is 1. The van der Waals surface area contributed by atoms with Crippen LogP contribution in [0.15, 0.2) is 54.7 Å². The average molecular weight is 450 g/mol. The first-order valence-electron chi connectivity index (χ1n) is 11.1. The van der Waals surface area contributed by atoms with Gasteiger partial charge in [0.15, 0.2) is 16.6 Å². The van der Waals surface area contributed by atoms with Gasteiger partial charge in [-0.05, 0) is 49.2 Å². The molecule has 1 aliphatic heterocycles. The fourth-order valence-electron chi connectivity index (χ4n) is 4.43. The summed E-state index contributed by atoms with van der Waals surface area (Å²) in [6.07, 6.45) is 3.54. The van der Waals surface area contributed by atoms with E-state index in [4.69, 9.17) is 9.47 Å². The molecule has 2 aliphatic rings. The Morgan fingerprint density at radius 2 is 1.88 bits per heavy atom. The number of hydrogen-bond donors (Lipinski definition) is 1. The van der Waals surface area contributed by atoms with Crippen LogP contribution in [0, 0.1) is 0 Å². The summed E-state index contributed by atoms with van der Waals surface area (Å²) in [7, 11) is 0. The summed E-state index contributed by atoms with van der Waals surface area (Å²) >= 11 is 1.55. The van der Waals surface area contributed by atoms with Crippen molar-refractivity contribution in [1.82, 2.24) is 9.88 Å². The highest BCUT2D eigenvalue weighted by Gasteiger charge is 2.52. The number of nitrogens with zero attached hydrogens (tertiary/aromatic N) is 2. The molecular weight excluding hydrogens is 422 g/mol. The number of carbonyl (C=O) groups excluding carboxylic acids is 1. The average Bonchev–Trinajstić information content (AvgIpc) is 3.29. The highest BCUT2D eigenvalue weighted by molar-refractivity contribution is 7.15. The van der Waals surface area contributed by atoms with Crippen LogP contribution < -0.4 is 14.8 Å². The molecule has 1 amide bonds. The van der Waals surface area contributed by atoms with Gasteiger partial charge in [0, 0.05) is 11.1 Å². The van der Waals surface area contributed by atoms with Gasteiger partial charge in [0.1, 0.15) is 0 Å². The summed E-state index contributed by atoms with van der Waals surface area (Å²) < 4.78 is 10.9. The van der Waals surface area contributed by atoms with E-state index in [0.717, 1.165) is 42.1 Å². The second kappa shape index (κ2) is 8.56. The van der Waals surface area contributed by atoms with Crippen LogP contribution >= 0.6 is 11.3 Å². The van der Waals surface area contributed by atoms with E-state index in [0.29, 0.717) is 10.9 Å². The molecule has 0 saturated heterocycles. The third-order valence-electron chi connectivity index (χ3n) is 6.42. The third kappa shape index (κ3) is 3.76. The Morgan fingerprint density at radius 1 is 1.12 bits per heavy atom. The Kier molecular flexibility index (Phi) is 5.61. The fraction of sp³-hybridized carbons (Fsp3) is 0.360. The number of fused-ring (bicyclic) bond motifs is 1. The number of ether oxygens (including phenoxy) is 2. The molecule has 5 rings (SSSR count). The van der Waals surface area contributed by atoms with E-state index in [-0.39, 0.29) is 18.7 Å². The van der Waals surface area contributed by atoms with Gasteiger partial charge in [0.25, 0.3) is 0 Å². The lowest BCUT2D eigenvalue weighted by Crippen LogP contribution is -2.28. The minimum Gasteiger partial charge on any atom is -0.454 e. The zero-order valence-electron chi connectivity index (χ0n) is 18.3. The topological polar surface area (TPSA) is 63.7 Å². The lowest BCUT2D eigenvalue weighted by Gasteiger charge is -2.29. The van der Waals surface area contributed by atoms with Gasteiger partial charge in [-0.1, -0.05) is 61.6 Å². The normalized spacial score (nSPS) is 16.7. The fourth-order valence-corrected chi connectivity index (χ4v) is 5.41. The van der Waals surface area contributed by atoms with E-state index >= 15 is 0 Å². The second-order valence-corrected chi connectivity index (χ2v) is 9.27. The maximum atomic E-state index is 13.3. The Morgan fingerprint density at radius 3 is 2.59 bits per heavy atom. The van der Waals surface area contributed by atoms with Gasteiger partial charge in [-0.15, -0.1) is 0 Å². The molecule has 3 aromatic rings. The van der Waals surface area contributed by atoms with Crippen molar-refractivity contribution >= 4 is 22.4 Å².